The van der Waals surface area contributed by atoms with Gasteiger partial charge in [0, 0.05) is 6.54 Å². The lowest BCUT2D eigenvalue weighted by atomic mass is 10.0. The Bertz CT molecular complexity index is 1130. The molecule has 0 fully saturated rings. The van der Waals surface area contributed by atoms with Gasteiger partial charge in [-0.25, -0.2) is 4.79 Å². The maximum absolute atomic E-state index is 12.2. The van der Waals surface area contributed by atoms with Gasteiger partial charge in [0.25, 0.3) is 0 Å². The number of hydrogen-bond donors (Lipinski definition) is 2. The first-order valence-electron chi connectivity index (χ1n) is 11.7. The molecule has 0 aliphatic carbocycles. The number of esters is 1. The second-order valence-corrected chi connectivity index (χ2v) is 8.09. The van der Waals surface area contributed by atoms with E-state index in [1.807, 2.05) is 72.8 Å². The third-order valence-electron chi connectivity index (χ3n) is 5.54. The fraction of sp³-hybridized carbons (Fsp3) is 0.276. The van der Waals surface area contributed by atoms with E-state index in [1.54, 1.807) is 20.3 Å². The minimum Gasteiger partial charge on any atom is -0.493 e. The largest absolute Gasteiger partial charge is 0.493 e. The first-order valence-corrected chi connectivity index (χ1v) is 11.7. The van der Waals surface area contributed by atoms with E-state index in [0.717, 1.165) is 23.1 Å². The van der Waals surface area contributed by atoms with Gasteiger partial charge >= 0.3 is 5.97 Å². The van der Waals surface area contributed by atoms with Crippen molar-refractivity contribution >= 4 is 17.6 Å². The van der Waals surface area contributed by atoms with Crippen LogP contribution in [-0.2, 0) is 16.0 Å². The van der Waals surface area contributed by atoms with Gasteiger partial charge in [0.1, 0.15) is 18.5 Å². The summed E-state index contributed by atoms with van der Waals surface area (Å²) >= 11 is 0. The molecule has 2 N–H and O–H groups in total. The van der Waals surface area contributed by atoms with Gasteiger partial charge in [-0.2, -0.15) is 0 Å². The topological polar surface area (TPSA) is 86.3 Å². The van der Waals surface area contributed by atoms with E-state index in [1.165, 1.54) is 7.11 Å². The molecule has 0 saturated carbocycles. The first-order chi connectivity index (χ1) is 17.5. The van der Waals surface area contributed by atoms with Crippen LogP contribution in [0.3, 0.4) is 0 Å². The van der Waals surface area contributed by atoms with Gasteiger partial charge in [0.15, 0.2) is 11.5 Å². The summed E-state index contributed by atoms with van der Waals surface area (Å²) in [4.78, 5) is 12.2. The third kappa shape index (κ3) is 7.86. The molecule has 0 aliphatic rings. The zero-order valence-electron chi connectivity index (χ0n) is 20.9. The standard InChI is InChI=1S/C29H33NO6/c1-33-27-14-11-22(18-28(27)34-2)15-16-30-19-24(31)20-36-25-12-9-21(10-13-25)17-26(29(32)35-3)23-7-5-4-6-8-23/h4-14,17-18,24,30-31H,15-16,19-20H2,1-3H3. The number of aliphatic hydroxyl groups is 1. The van der Waals surface area contributed by atoms with Crippen molar-refractivity contribution in [1.82, 2.24) is 5.32 Å². The normalized spacial score (nSPS) is 12.1. The molecular weight excluding hydrogens is 458 g/mol. The molecule has 190 valence electrons. The zero-order chi connectivity index (χ0) is 25.8. The number of carbonyl (C=O) groups is 1. The van der Waals surface area contributed by atoms with Gasteiger partial charge in [-0.3, -0.25) is 0 Å². The van der Waals surface area contributed by atoms with Crippen LogP contribution in [0, 0.1) is 0 Å². The summed E-state index contributed by atoms with van der Waals surface area (Å²) in [7, 11) is 4.60. The quantitative estimate of drug-likeness (QED) is 0.162. The van der Waals surface area contributed by atoms with Gasteiger partial charge in [-0.1, -0.05) is 48.5 Å². The minimum atomic E-state index is -0.654. The average molecular weight is 492 g/mol. The van der Waals surface area contributed by atoms with E-state index in [2.05, 4.69) is 5.32 Å². The summed E-state index contributed by atoms with van der Waals surface area (Å²) in [6.45, 7) is 1.28. The van der Waals surface area contributed by atoms with Crippen molar-refractivity contribution < 1.29 is 28.8 Å². The maximum Gasteiger partial charge on any atom is 0.338 e. The summed E-state index contributed by atoms with van der Waals surface area (Å²) in [5.74, 6) is 1.64. The Kier molecular flexibility index (Phi) is 10.4. The minimum absolute atomic E-state index is 0.163. The molecule has 0 radical (unpaired) electrons. The molecule has 3 aromatic rings. The van der Waals surface area contributed by atoms with E-state index in [9.17, 15) is 9.90 Å². The molecule has 3 aromatic carbocycles. The predicted octanol–water partition coefficient (Wildman–Crippen LogP) is 3.99. The Morgan fingerprint density at radius 2 is 1.67 bits per heavy atom. The summed E-state index contributed by atoms with van der Waals surface area (Å²) in [5, 5.41) is 13.5. The van der Waals surface area contributed by atoms with Gasteiger partial charge in [0.05, 0.1) is 26.9 Å². The van der Waals surface area contributed by atoms with E-state index in [4.69, 9.17) is 18.9 Å². The molecule has 0 aromatic heterocycles. The summed E-state index contributed by atoms with van der Waals surface area (Å²) in [6, 6.07) is 22.5. The molecule has 7 nitrogen and oxygen atoms in total. The van der Waals surface area contributed by atoms with Crippen molar-refractivity contribution in [1.29, 1.82) is 0 Å². The Morgan fingerprint density at radius 1 is 0.944 bits per heavy atom. The van der Waals surface area contributed by atoms with E-state index in [0.29, 0.717) is 35.9 Å². The van der Waals surface area contributed by atoms with Crippen LogP contribution in [0.25, 0.3) is 11.6 Å². The van der Waals surface area contributed by atoms with E-state index >= 15 is 0 Å². The number of ether oxygens (including phenoxy) is 4. The maximum atomic E-state index is 12.2. The van der Waals surface area contributed by atoms with Crippen LogP contribution in [-0.4, -0.2) is 58.2 Å². The van der Waals surface area contributed by atoms with Crippen LogP contribution < -0.4 is 19.5 Å². The molecule has 0 heterocycles. The highest BCUT2D eigenvalue weighted by molar-refractivity contribution is 6.21. The highest BCUT2D eigenvalue weighted by Gasteiger charge is 2.12. The van der Waals surface area contributed by atoms with Crippen LogP contribution in [0.5, 0.6) is 17.2 Å². The second-order valence-electron chi connectivity index (χ2n) is 8.09. The Hall–Kier alpha value is -3.81. The van der Waals surface area contributed by atoms with Gasteiger partial charge in [-0.05, 0) is 60.0 Å². The number of aliphatic hydroxyl groups excluding tert-OH is 1. The molecule has 0 spiro atoms. The monoisotopic (exact) mass is 491 g/mol. The van der Waals surface area contributed by atoms with Crippen LogP contribution in [0.15, 0.2) is 72.8 Å². The molecule has 0 aliphatic heterocycles. The predicted molar refractivity (Wildman–Crippen MR) is 140 cm³/mol. The van der Waals surface area contributed by atoms with Crippen molar-refractivity contribution in [3.05, 3.63) is 89.5 Å². The number of benzene rings is 3. The molecule has 0 saturated heterocycles. The van der Waals surface area contributed by atoms with Gasteiger partial charge < -0.3 is 29.4 Å². The lowest BCUT2D eigenvalue weighted by Crippen LogP contribution is -2.32. The van der Waals surface area contributed by atoms with E-state index in [-0.39, 0.29) is 6.61 Å². The highest BCUT2D eigenvalue weighted by atomic mass is 16.5. The molecule has 1 unspecified atom stereocenters. The van der Waals surface area contributed by atoms with Crippen LogP contribution in [0.1, 0.15) is 16.7 Å². The molecule has 7 heteroatoms. The SMILES string of the molecule is COC(=O)C(=Cc1ccc(OCC(O)CNCCc2ccc(OC)c(OC)c2)cc1)c1ccccc1. The number of carbonyl (C=O) groups excluding carboxylic acids is 1. The molecule has 3 rings (SSSR count). The Morgan fingerprint density at radius 3 is 2.33 bits per heavy atom. The van der Waals surface area contributed by atoms with Crippen LogP contribution in [0.2, 0.25) is 0 Å². The highest BCUT2D eigenvalue weighted by Crippen LogP contribution is 2.27. The van der Waals surface area contributed by atoms with Crippen LogP contribution in [0.4, 0.5) is 0 Å². The third-order valence-corrected chi connectivity index (χ3v) is 5.54. The van der Waals surface area contributed by atoms with Crippen molar-refractivity contribution in [2.75, 3.05) is 41.0 Å². The lowest BCUT2D eigenvalue weighted by Gasteiger charge is -2.14. The summed E-state index contributed by atoms with van der Waals surface area (Å²) < 4.78 is 21.2. The van der Waals surface area contributed by atoms with Crippen molar-refractivity contribution in [2.45, 2.75) is 12.5 Å². The molecule has 0 bridgehead atoms. The van der Waals surface area contributed by atoms with Crippen LogP contribution >= 0.6 is 0 Å². The molecule has 1 atom stereocenters. The Balaban J connectivity index is 1.46. The lowest BCUT2D eigenvalue weighted by molar-refractivity contribution is -0.133. The first kappa shape index (κ1) is 26.8. The fourth-order valence-electron chi connectivity index (χ4n) is 3.60. The molecular formula is C29H33NO6. The number of methoxy groups -OCH3 is 3. The van der Waals surface area contributed by atoms with E-state index < -0.39 is 12.1 Å². The average Bonchev–Trinajstić information content (AvgIpc) is 2.93. The van der Waals surface area contributed by atoms with Crippen molar-refractivity contribution in [3.63, 3.8) is 0 Å². The number of hydrogen-bond acceptors (Lipinski definition) is 7. The molecule has 0 amide bonds. The zero-order valence-corrected chi connectivity index (χ0v) is 20.9. The fourth-order valence-corrected chi connectivity index (χ4v) is 3.60. The van der Waals surface area contributed by atoms with Crippen molar-refractivity contribution in [3.8, 4) is 17.2 Å². The summed E-state index contributed by atoms with van der Waals surface area (Å²) in [6.07, 6.45) is 1.92. The van der Waals surface area contributed by atoms with Gasteiger partial charge in [0.2, 0.25) is 0 Å². The van der Waals surface area contributed by atoms with Gasteiger partial charge in [-0.15, -0.1) is 0 Å². The Labute approximate surface area is 212 Å². The second kappa shape index (κ2) is 13.9. The number of rotatable bonds is 13. The smallest absolute Gasteiger partial charge is 0.338 e. The van der Waals surface area contributed by atoms with Crippen molar-refractivity contribution in [2.24, 2.45) is 0 Å². The number of nitrogens with one attached hydrogen (secondary N) is 1. The summed E-state index contributed by atoms with van der Waals surface area (Å²) in [5.41, 5.74) is 3.21. The molecule has 36 heavy (non-hydrogen) atoms.